The van der Waals surface area contributed by atoms with Gasteiger partial charge in [0.2, 0.25) is 5.91 Å². The molecule has 2 aliphatic rings. The Morgan fingerprint density at radius 3 is 2.35 bits per heavy atom. The normalized spacial score (nSPS) is 15.2. The Bertz CT molecular complexity index is 1280. The molecule has 0 saturated carbocycles. The summed E-state index contributed by atoms with van der Waals surface area (Å²) < 4.78 is 19.8. The SMILES string of the molecule is CC(C)(C)C(=O)Nc1ccc(Cl)nc1COC(=O)N1CC2=C(C1)CN(C(=O)c1ccc(SN)cc1F)C2. The molecule has 0 fully saturated rings. The van der Waals surface area contributed by atoms with Crippen LogP contribution in [0.5, 0.6) is 0 Å². The van der Waals surface area contributed by atoms with Crippen LogP contribution in [-0.2, 0) is 16.1 Å². The summed E-state index contributed by atoms with van der Waals surface area (Å²) in [5.41, 5.74) is 1.97. The highest BCUT2D eigenvalue weighted by molar-refractivity contribution is 7.97. The molecule has 0 bridgehead atoms. The van der Waals surface area contributed by atoms with Crippen LogP contribution in [0.1, 0.15) is 36.8 Å². The second kappa shape index (κ2) is 10.7. The van der Waals surface area contributed by atoms with Crippen LogP contribution in [0.15, 0.2) is 46.4 Å². The van der Waals surface area contributed by atoms with E-state index in [-0.39, 0.29) is 23.2 Å². The van der Waals surface area contributed by atoms with Gasteiger partial charge in [0.1, 0.15) is 23.3 Å². The lowest BCUT2D eigenvalue weighted by Gasteiger charge is -2.23. The summed E-state index contributed by atoms with van der Waals surface area (Å²) in [6, 6.07) is 7.43. The number of aromatic nitrogens is 1. The zero-order chi connectivity index (χ0) is 26.9. The average Bonchev–Trinajstić information content (AvgIpc) is 3.42. The van der Waals surface area contributed by atoms with Crippen molar-refractivity contribution >= 4 is 47.1 Å². The first-order chi connectivity index (χ1) is 17.5. The van der Waals surface area contributed by atoms with Gasteiger partial charge in [0, 0.05) is 36.5 Å². The zero-order valence-electron chi connectivity index (χ0n) is 20.6. The fourth-order valence-electron chi connectivity index (χ4n) is 4.00. The van der Waals surface area contributed by atoms with Gasteiger partial charge in [-0.2, -0.15) is 0 Å². The van der Waals surface area contributed by atoms with Crippen molar-refractivity contribution in [1.82, 2.24) is 14.8 Å². The van der Waals surface area contributed by atoms with E-state index in [1.165, 1.54) is 17.0 Å². The average molecular weight is 548 g/mol. The molecule has 2 aromatic rings. The third kappa shape index (κ3) is 6.06. The standard InChI is InChI=1S/C25H27ClFN5O4S/c1-25(2,3)23(34)30-19-6-7-21(26)29-20(19)13-36-24(35)32-11-14-9-31(10-15(14)12-32)22(33)17-5-4-16(37-28)8-18(17)27/h4-8H,9-13,28H2,1-3H3,(H,30,34). The molecule has 0 atom stereocenters. The van der Waals surface area contributed by atoms with E-state index >= 15 is 0 Å². The number of nitrogens with one attached hydrogen (secondary N) is 1. The number of amides is 3. The number of carbonyl (C=O) groups is 3. The lowest BCUT2D eigenvalue weighted by molar-refractivity contribution is -0.123. The maximum Gasteiger partial charge on any atom is 0.410 e. The number of carbonyl (C=O) groups excluding carboxylic acids is 3. The molecule has 0 aliphatic carbocycles. The molecule has 3 amide bonds. The van der Waals surface area contributed by atoms with Crippen LogP contribution in [0.4, 0.5) is 14.9 Å². The Labute approximate surface area is 223 Å². The number of hydrogen-bond acceptors (Lipinski definition) is 7. The second-order valence-electron chi connectivity index (χ2n) is 9.87. The third-order valence-corrected chi connectivity index (χ3v) is 6.82. The number of anilines is 1. The van der Waals surface area contributed by atoms with Crippen molar-refractivity contribution in [3.63, 3.8) is 0 Å². The maximum atomic E-state index is 14.4. The van der Waals surface area contributed by atoms with Crippen LogP contribution in [-0.4, -0.2) is 58.9 Å². The molecule has 4 rings (SSSR count). The highest BCUT2D eigenvalue weighted by Gasteiger charge is 2.35. The Hall–Kier alpha value is -3.15. The van der Waals surface area contributed by atoms with E-state index in [0.717, 1.165) is 23.1 Å². The van der Waals surface area contributed by atoms with Crippen LogP contribution in [0.2, 0.25) is 5.15 Å². The van der Waals surface area contributed by atoms with Gasteiger partial charge in [-0.1, -0.05) is 32.4 Å². The first kappa shape index (κ1) is 26.9. The van der Waals surface area contributed by atoms with Crippen LogP contribution in [0, 0.1) is 11.2 Å². The summed E-state index contributed by atoms with van der Waals surface area (Å²) in [6.45, 7) is 6.40. The fourth-order valence-corrected chi connectivity index (χ4v) is 4.48. The molecule has 196 valence electrons. The number of rotatable bonds is 5. The lowest BCUT2D eigenvalue weighted by atomic mass is 9.95. The first-order valence-electron chi connectivity index (χ1n) is 11.5. The minimum atomic E-state index is -0.622. The Morgan fingerprint density at radius 2 is 1.76 bits per heavy atom. The number of hydrogen-bond donors (Lipinski definition) is 2. The maximum absolute atomic E-state index is 14.4. The summed E-state index contributed by atoms with van der Waals surface area (Å²) in [5.74, 6) is -1.24. The third-order valence-electron chi connectivity index (χ3n) is 6.08. The smallest absolute Gasteiger partial charge is 0.410 e. The highest BCUT2D eigenvalue weighted by atomic mass is 35.5. The molecule has 3 N–H and O–H groups in total. The van der Waals surface area contributed by atoms with Gasteiger partial charge < -0.3 is 19.9 Å². The summed E-state index contributed by atoms with van der Waals surface area (Å²) in [5, 5.41) is 8.45. The largest absolute Gasteiger partial charge is 0.443 e. The van der Waals surface area contributed by atoms with Gasteiger partial charge in [-0.15, -0.1) is 0 Å². The molecule has 37 heavy (non-hydrogen) atoms. The number of halogens is 2. The first-order valence-corrected chi connectivity index (χ1v) is 12.8. The van der Waals surface area contributed by atoms with Gasteiger partial charge >= 0.3 is 6.09 Å². The number of nitrogens with zero attached hydrogens (tertiary/aromatic N) is 3. The number of benzene rings is 1. The van der Waals surface area contributed by atoms with Crippen LogP contribution < -0.4 is 10.5 Å². The molecule has 0 spiro atoms. The van der Waals surface area contributed by atoms with Gasteiger partial charge in [0.15, 0.2) is 0 Å². The van der Waals surface area contributed by atoms with Gasteiger partial charge in [-0.05, 0) is 53.4 Å². The molecular weight excluding hydrogens is 521 g/mol. The van der Waals surface area contributed by atoms with Crippen molar-refractivity contribution in [2.24, 2.45) is 10.6 Å². The monoisotopic (exact) mass is 547 g/mol. The minimum absolute atomic E-state index is 0.0152. The van der Waals surface area contributed by atoms with E-state index in [1.54, 1.807) is 43.9 Å². The van der Waals surface area contributed by atoms with Crippen LogP contribution in [0.25, 0.3) is 0 Å². The van der Waals surface area contributed by atoms with Crippen molar-refractivity contribution < 1.29 is 23.5 Å². The van der Waals surface area contributed by atoms with E-state index < -0.39 is 23.2 Å². The highest BCUT2D eigenvalue weighted by Crippen LogP contribution is 2.29. The molecule has 0 saturated heterocycles. The van der Waals surface area contributed by atoms with E-state index in [0.29, 0.717) is 42.5 Å². The van der Waals surface area contributed by atoms with Gasteiger partial charge in [-0.25, -0.2) is 14.2 Å². The Kier molecular flexibility index (Phi) is 7.77. The van der Waals surface area contributed by atoms with Crippen molar-refractivity contribution in [2.75, 3.05) is 31.5 Å². The van der Waals surface area contributed by atoms with Crippen molar-refractivity contribution in [3.05, 3.63) is 63.7 Å². The van der Waals surface area contributed by atoms with Crippen LogP contribution in [0.3, 0.4) is 0 Å². The van der Waals surface area contributed by atoms with Crippen molar-refractivity contribution in [3.8, 4) is 0 Å². The second-order valence-corrected chi connectivity index (χ2v) is 11.0. The predicted octanol–water partition coefficient (Wildman–Crippen LogP) is 4.23. The van der Waals surface area contributed by atoms with Gasteiger partial charge in [-0.3, -0.25) is 14.7 Å². The van der Waals surface area contributed by atoms with Crippen LogP contribution >= 0.6 is 23.5 Å². The molecule has 0 unspecified atom stereocenters. The van der Waals surface area contributed by atoms with E-state index in [4.69, 9.17) is 21.5 Å². The van der Waals surface area contributed by atoms with Gasteiger partial charge in [0.05, 0.1) is 11.3 Å². The molecule has 3 heterocycles. The molecule has 9 nitrogen and oxygen atoms in total. The Balaban J connectivity index is 1.33. The Morgan fingerprint density at radius 1 is 1.11 bits per heavy atom. The summed E-state index contributed by atoms with van der Waals surface area (Å²) in [4.78, 5) is 45.8. The summed E-state index contributed by atoms with van der Waals surface area (Å²) in [7, 11) is 0. The molecule has 12 heteroatoms. The molecule has 2 aliphatic heterocycles. The molecule has 0 radical (unpaired) electrons. The minimum Gasteiger partial charge on any atom is -0.443 e. The lowest BCUT2D eigenvalue weighted by Crippen LogP contribution is -2.37. The number of ether oxygens (including phenoxy) is 1. The van der Waals surface area contributed by atoms with E-state index in [2.05, 4.69) is 10.3 Å². The molecule has 1 aromatic carbocycles. The van der Waals surface area contributed by atoms with E-state index in [9.17, 15) is 18.8 Å². The summed E-state index contributed by atoms with van der Waals surface area (Å²) >= 11 is 6.92. The topological polar surface area (TPSA) is 118 Å². The van der Waals surface area contributed by atoms with E-state index in [1.807, 2.05) is 0 Å². The summed E-state index contributed by atoms with van der Waals surface area (Å²) in [6.07, 6.45) is -0.553. The van der Waals surface area contributed by atoms with Crippen molar-refractivity contribution in [2.45, 2.75) is 32.3 Å². The predicted molar refractivity (Wildman–Crippen MR) is 138 cm³/mol. The number of pyridine rings is 1. The van der Waals surface area contributed by atoms with Crippen molar-refractivity contribution in [1.29, 1.82) is 0 Å². The quantitative estimate of drug-likeness (QED) is 0.327. The zero-order valence-corrected chi connectivity index (χ0v) is 22.2. The molecular formula is C25H27ClFN5O4S. The fraction of sp³-hybridized carbons (Fsp3) is 0.360. The number of nitrogens with two attached hydrogens (primary N) is 1. The molecule has 1 aromatic heterocycles. The van der Waals surface area contributed by atoms with Gasteiger partial charge in [0.25, 0.3) is 5.91 Å².